The van der Waals surface area contributed by atoms with Crippen LogP contribution < -0.4 is 10.6 Å². The van der Waals surface area contributed by atoms with E-state index >= 15 is 0 Å². The molecule has 0 saturated carbocycles. The van der Waals surface area contributed by atoms with Crippen molar-refractivity contribution < 1.29 is 9.59 Å². The van der Waals surface area contributed by atoms with Gasteiger partial charge in [0.1, 0.15) is 0 Å². The lowest BCUT2D eigenvalue weighted by Gasteiger charge is -2.26. The molecule has 0 heterocycles. The van der Waals surface area contributed by atoms with Gasteiger partial charge in [0.05, 0.1) is 6.04 Å². The van der Waals surface area contributed by atoms with Gasteiger partial charge in [-0.1, -0.05) is 56.3 Å². The number of ketones is 1. The molecule has 0 spiro atoms. The molecular formula is C21H26N2O2. The van der Waals surface area contributed by atoms with E-state index in [9.17, 15) is 9.59 Å². The van der Waals surface area contributed by atoms with E-state index in [1.807, 2.05) is 25.1 Å². The second-order valence-corrected chi connectivity index (χ2v) is 6.65. The Morgan fingerprint density at radius 1 is 0.920 bits per heavy atom. The van der Waals surface area contributed by atoms with Crippen molar-refractivity contribution in [2.24, 2.45) is 5.92 Å². The Hall–Kier alpha value is -2.46. The molecule has 0 aliphatic carbocycles. The Bertz CT molecular complexity index is 726. The first-order valence-electron chi connectivity index (χ1n) is 8.61. The van der Waals surface area contributed by atoms with Gasteiger partial charge in [-0.3, -0.25) is 14.9 Å². The zero-order chi connectivity index (χ0) is 18.4. The van der Waals surface area contributed by atoms with Crippen LogP contribution in [0, 0.1) is 5.92 Å². The van der Waals surface area contributed by atoms with Crippen LogP contribution in [-0.2, 0) is 4.79 Å². The summed E-state index contributed by atoms with van der Waals surface area (Å²) in [4.78, 5) is 24.0. The van der Waals surface area contributed by atoms with Gasteiger partial charge in [0, 0.05) is 17.3 Å². The summed E-state index contributed by atoms with van der Waals surface area (Å²) in [5, 5.41) is 6.29. The van der Waals surface area contributed by atoms with Gasteiger partial charge >= 0.3 is 0 Å². The molecule has 2 aromatic carbocycles. The van der Waals surface area contributed by atoms with E-state index in [0.29, 0.717) is 17.2 Å². The van der Waals surface area contributed by atoms with E-state index in [1.165, 1.54) is 6.92 Å². The van der Waals surface area contributed by atoms with Gasteiger partial charge in [-0.2, -0.15) is 0 Å². The number of benzene rings is 2. The first-order valence-corrected chi connectivity index (χ1v) is 8.61. The fraction of sp³-hybridized carbons (Fsp3) is 0.333. The minimum absolute atomic E-state index is 0.0220. The van der Waals surface area contributed by atoms with E-state index in [0.717, 1.165) is 5.56 Å². The molecule has 0 aliphatic rings. The summed E-state index contributed by atoms with van der Waals surface area (Å²) in [7, 11) is 0. The van der Waals surface area contributed by atoms with Crippen molar-refractivity contribution in [1.29, 1.82) is 0 Å². The van der Waals surface area contributed by atoms with Gasteiger partial charge in [-0.25, -0.2) is 0 Å². The normalized spacial score (nSPS) is 13.3. The number of Topliss-reactive ketones (excluding diaryl/α,β-unsaturated/α-hetero) is 1. The molecule has 25 heavy (non-hydrogen) atoms. The molecule has 0 bridgehead atoms. The summed E-state index contributed by atoms with van der Waals surface area (Å²) < 4.78 is 0. The third kappa shape index (κ3) is 5.26. The summed E-state index contributed by atoms with van der Waals surface area (Å²) in [6.07, 6.45) is 0. The Balaban J connectivity index is 2.06. The first-order chi connectivity index (χ1) is 11.9. The number of anilines is 1. The summed E-state index contributed by atoms with van der Waals surface area (Å²) in [5.74, 6) is 0.201. The fourth-order valence-corrected chi connectivity index (χ4v) is 2.75. The standard InChI is InChI=1S/C21H26N2O2/c1-14(2)20(17-9-6-5-7-10-17)22-15(3)21(25)23-19-12-8-11-18(13-19)16(4)24/h5-15,20,22H,1-4H3,(H,23,25)/t15-,20+/m0/s1. The van der Waals surface area contributed by atoms with Gasteiger partial charge in [-0.15, -0.1) is 0 Å². The van der Waals surface area contributed by atoms with E-state index in [-0.39, 0.29) is 23.8 Å². The number of nitrogens with one attached hydrogen (secondary N) is 2. The number of rotatable bonds is 7. The van der Waals surface area contributed by atoms with Crippen molar-refractivity contribution in [2.75, 3.05) is 5.32 Å². The highest BCUT2D eigenvalue weighted by Crippen LogP contribution is 2.22. The molecule has 4 heteroatoms. The molecule has 0 unspecified atom stereocenters. The van der Waals surface area contributed by atoms with Gasteiger partial charge in [0.25, 0.3) is 0 Å². The average Bonchev–Trinajstić information content (AvgIpc) is 2.60. The van der Waals surface area contributed by atoms with E-state index < -0.39 is 0 Å². The SMILES string of the molecule is CC(=O)c1cccc(NC(=O)[C@H](C)N[C@@H](c2ccccc2)C(C)C)c1. The fourth-order valence-electron chi connectivity index (χ4n) is 2.75. The van der Waals surface area contributed by atoms with Crippen molar-refractivity contribution in [3.63, 3.8) is 0 Å². The predicted octanol–water partition coefficient (Wildman–Crippen LogP) is 4.20. The Morgan fingerprint density at radius 2 is 1.60 bits per heavy atom. The molecule has 0 aromatic heterocycles. The molecule has 0 radical (unpaired) electrons. The third-order valence-electron chi connectivity index (χ3n) is 4.18. The Morgan fingerprint density at radius 3 is 2.20 bits per heavy atom. The molecule has 0 saturated heterocycles. The molecule has 1 amide bonds. The summed E-state index contributed by atoms with van der Waals surface area (Å²) in [6.45, 7) is 7.62. The lowest BCUT2D eigenvalue weighted by Crippen LogP contribution is -2.41. The minimum atomic E-state index is -0.367. The highest BCUT2D eigenvalue weighted by atomic mass is 16.2. The summed E-state index contributed by atoms with van der Waals surface area (Å²) in [6, 6.07) is 16.8. The average molecular weight is 338 g/mol. The van der Waals surface area contributed by atoms with Gasteiger partial charge < -0.3 is 5.32 Å². The van der Waals surface area contributed by atoms with Crippen LogP contribution in [0.1, 0.15) is 49.7 Å². The number of carbonyl (C=O) groups is 2. The lowest BCUT2D eigenvalue weighted by molar-refractivity contribution is -0.118. The van der Waals surface area contributed by atoms with Crippen molar-refractivity contribution in [1.82, 2.24) is 5.32 Å². The summed E-state index contributed by atoms with van der Waals surface area (Å²) >= 11 is 0. The molecule has 0 fully saturated rings. The highest BCUT2D eigenvalue weighted by molar-refractivity contribution is 5.98. The van der Waals surface area contributed by atoms with E-state index in [1.54, 1.807) is 24.3 Å². The van der Waals surface area contributed by atoms with Crippen molar-refractivity contribution in [2.45, 2.75) is 39.8 Å². The highest BCUT2D eigenvalue weighted by Gasteiger charge is 2.21. The largest absolute Gasteiger partial charge is 0.325 e. The number of hydrogen-bond acceptors (Lipinski definition) is 3. The molecule has 2 aromatic rings. The Labute approximate surface area is 149 Å². The van der Waals surface area contributed by atoms with Gasteiger partial charge in [0.15, 0.2) is 5.78 Å². The quantitative estimate of drug-likeness (QED) is 0.744. The van der Waals surface area contributed by atoms with E-state index in [2.05, 4.69) is 36.6 Å². The number of hydrogen-bond donors (Lipinski definition) is 2. The molecule has 2 rings (SSSR count). The smallest absolute Gasteiger partial charge is 0.241 e. The minimum Gasteiger partial charge on any atom is -0.325 e. The zero-order valence-corrected chi connectivity index (χ0v) is 15.2. The lowest BCUT2D eigenvalue weighted by atomic mass is 9.95. The monoisotopic (exact) mass is 338 g/mol. The molecule has 0 aliphatic heterocycles. The van der Waals surface area contributed by atoms with Crippen molar-refractivity contribution in [3.05, 3.63) is 65.7 Å². The predicted molar refractivity (Wildman–Crippen MR) is 102 cm³/mol. The third-order valence-corrected chi connectivity index (χ3v) is 4.18. The van der Waals surface area contributed by atoms with E-state index in [4.69, 9.17) is 0 Å². The molecule has 132 valence electrons. The van der Waals surface area contributed by atoms with Crippen LogP contribution in [0.2, 0.25) is 0 Å². The van der Waals surface area contributed by atoms with Crippen molar-refractivity contribution >= 4 is 17.4 Å². The van der Waals surface area contributed by atoms with Crippen LogP contribution >= 0.6 is 0 Å². The van der Waals surface area contributed by atoms with Crippen LogP contribution in [0.3, 0.4) is 0 Å². The molecule has 2 N–H and O–H groups in total. The van der Waals surface area contributed by atoms with Crippen LogP contribution in [0.5, 0.6) is 0 Å². The van der Waals surface area contributed by atoms with Crippen LogP contribution in [0.15, 0.2) is 54.6 Å². The topological polar surface area (TPSA) is 58.2 Å². The maximum atomic E-state index is 12.5. The molecule has 4 nitrogen and oxygen atoms in total. The van der Waals surface area contributed by atoms with Crippen LogP contribution in [-0.4, -0.2) is 17.7 Å². The van der Waals surface area contributed by atoms with Gasteiger partial charge in [0.2, 0.25) is 5.91 Å². The second-order valence-electron chi connectivity index (χ2n) is 6.65. The van der Waals surface area contributed by atoms with Crippen LogP contribution in [0.4, 0.5) is 5.69 Å². The Kier molecular flexibility index (Phi) is 6.48. The zero-order valence-electron chi connectivity index (χ0n) is 15.2. The second kappa shape index (κ2) is 8.58. The number of amides is 1. The maximum absolute atomic E-state index is 12.5. The van der Waals surface area contributed by atoms with Crippen molar-refractivity contribution in [3.8, 4) is 0 Å². The summed E-state index contributed by atoms with van der Waals surface area (Å²) in [5.41, 5.74) is 2.38. The van der Waals surface area contributed by atoms with Gasteiger partial charge in [-0.05, 0) is 37.5 Å². The van der Waals surface area contributed by atoms with Crippen LogP contribution in [0.25, 0.3) is 0 Å². The molecular weight excluding hydrogens is 312 g/mol. The first kappa shape index (κ1) is 18.9. The number of carbonyl (C=O) groups excluding carboxylic acids is 2. The molecule has 2 atom stereocenters. The maximum Gasteiger partial charge on any atom is 0.241 e.